The average molecular weight is 1440 g/mol. The van der Waals surface area contributed by atoms with Gasteiger partial charge in [-0.2, -0.15) is 0 Å². The summed E-state index contributed by atoms with van der Waals surface area (Å²) in [6.45, 7) is 4.41. The third kappa shape index (κ3) is 71.3. The van der Waals surface area contributed by atoms with Crippen LogP contribution in [0.5, 0.6) is 0 Å². The Bertz CT molecular complexity index is 2470. The van der Waals surface area contributed by atoms with E-state index in [4.69, 9.17) is 37.0 Å². The minimum absolute atomic E-state index is 0.0609. The van der Waals surface area contributed by atoms with Crippen molar-refractivity contribution in [2.24, 2.45) is 0 Å². The molecule has 0 amide bonds. The quantitative estimate of drug-likeness (QED) is 0.0169. The summed E-state index contributed by atoms with van der Waals surface area (Å²) in [5.41, 5.74) is 0. The minimum atomic E-state index is -5.00. The fourth-order valence-electron chi connectivity index (χ4n) is 9.55. The van der Waals surface area contributed by atoms with Gasteiger partial charge in [-0.05, 0) is 141 Å². The van der Waals surface area contributed by atoms with Gasteiger partial charge in [0.05, 0.1) is 32.8 Å². The van der Waals surface area contributed by atoms with E-state index in [1.165, 1.54) is 64.2 Å². The van der Waals surface area contributed by atoms with Gasteiger partial charge < -0.3 is 33.8 Å². The molecule has 0 aromatic carbocycles. The lowest BCUT2D eigenvalue weighted by atomic mass is 10.1. The number of aliphatic hydroxyl groups is 1. The first kappa shape index (κ1) is 94.9. The highest BCUT2D eigenvalue weighted by atomic mass is 31.2. The molecule has 0 aromatic heterocycles. The van der Waals surface area contributed by atoms with E-state index in [1.807, 2.05) is 30.4 Å². The fourth-order valence-corrected chi connectivity index (χ4v) is 11.1. The van der Waals surface area contributed by atoms with Crippen molar-refractivity contribution in [3.63, 3.8) is 0 Å². The lowest BCUT2D eigenvalue weighted by Gasteiger charge is -2.21. The monoisotopic (exact) mass is 1440 g/mol. The third-order valence-corrected chi connectivity index (χ3v) is 17.2. The molecule has 0 aromatic rings. The second-order valence-electron chi connectivity index (χ2n) is 24.8. The smallest absolute Gasteiger partial charge is 0.462 e. The molecule has 0 saturated carbocycles. The summed E-state index contributed by atoms with van der Waals surface area (Å²) in [5.74, 6) is -2.42. The number of hydrogen-bond acceptors (Lipinski definition) is 15. The standard InChI is InChI=1S/C81H134O17P2/c1-5-9-13-17-21-25-29-33-36-37-40-43-46-50-54-58-62-66-79(84)92-71-76(97-80(85)67-63-59-55-51-47-41-32-28-24-20-16-12-8-4)73-95-99(87,88)93-69-75(82)70-94-100(89,90)96-74-77(98-81(86)68-64-60-56-52-48-44-39-35-31-27-23-19-15-11-7-3)72-91-78(83)65-61-57-53-49-45-42-38-34-30-26-22-18-14-10-6-2/h9-10,13-14,21-22,25-26,28,32-36,38-40,43,45,49-50,54,57,61,75-77,82H,5-8,11-12,15-20,23-24,27,29-31,37,41-42,44,46-48,51-53,55-56,58-60,62-74H2,1-4H3,(H,87,88)(H,89,90)/b13-9-,14-10-,25-21-,26-22-,32-28-,36-33-,38-34-,39-35-,43-40-,49-45-,54-50-,61-57-. The van der Waals surface area contributed by atoms with Crippen LogP contribution in [-0.4, -0.2) is 96.7 Å². The second kappa shape index (κ2) is 72.3. The molecule has 0 radical (unpaired) electrons. The molecule has 19 heteroatoms. The molecular weight excluding hydrogens is 1310 g/mol. The highest BCUT2D eigenvalue weighted by Gasteiger charge is 2.30. The topological polar surface area (TPSA) is 237 Å². The fraction of sp³-hybridized carbons (Fsp3) is 0.654. The van der Waals surface area contributed by atoms with Gasteiger partial charge >= 0.3 is 39.5 Å². The molecule has 0 bridgehead atoms. The van der Waals surface area contributed by atoms with Gasteiger partial charge in [0.1, 0.15) is 19.3 Å². The molecule has 0 heterocycles. The molecule has 0 aliphatic rings. The molecule has 5 unspecified atom stereocenters. The number of carbonyl (C=O) groups excluding carboxylic acids is 4. The Balaban J connectivity index is 5.48. The number of aliphatic hydroxyl groups excluding tert-OH is 1. The van der Waals surface area contributed by atoms with Crippen LogP contribution in [0.4, 0.5) is 0 Å². The van der Waals surface area contributed by atoms with Crippen molar-refractivity contribution in [1.29, 1.82) is 0 Å². The van der Waals surface area contributed by atoms with Gasteiger partial charge in [-0.1, -0.05) is 263 Å². The first-order valence-corrected chi connectivity index (χ1v) is 41.1. The lowest BCUT2D eigenvalue weighted by Crippen LogP contribution is -2.30. The Kier molecular flexibility index (Phi) is 68.6. The van der Waals surface area contributed by atoms with Crippen molar-refractivity contribution in [3.8, 4) is 0 Å². The summed E-state index contributed by atoms with van der Waals surface area (Å²) < 4.78 is 68.3. The molecule has 570 valence electrons. The van der Waals surface area contributed by atoms with Gasteiger partial charge in [0.2, 0.25) is 0 Å². The SMILES string of the molecule is CC/C=C\C/C=C\C/C=C\C/C=C\C/C=C\CCCC(=O)OCC(COP(=O)(O)OCC(O)COP(=O)(O)OCC(COC(=O)C/C=C\C/C=C\C/C=C\C/C=C\C/C=C\CC)OC(=O)CCCCCCC/C=C\CCCCCCCC)OC(=O)CCCCCCC/C=C\CCCCCC. The summed E-state index contributed by atoms with van der Waals surface area (Å²) in [5, 5.41) is 10.6. The molecular formula is C81H134O17P2. The van der Waals surface area contributed by atoms with Gasteiger partial charge in [0, 0.05) is 19.3 Å². The van der Waals surface area contributed by atoms with Crippen molar-refractivity contribution in [2.45, 2.75) is 303 Å². The van der Waals surface area contributed by atoms with Crippen molar-refractivity contribution in [3.05, 3.63) is 146 Å². The molecule has 0 aliphatic heterocycles. The number of phosphoric ester groups is 2. The largest absolute Gasteiger partial charge is 0.472 e. The number of ether oxygens (including phenoxy) is 4. The predicted molar refractivity (Wildman–Crippen MR) is 408 cm³/mol. The van der Waals surface area contributed by atoms with Crippen LogP contribution in [0.15, 0.2) is 146 Å². The summed E-state index contributed by atoms with van der Waals surface area (Å²) in [7, 11) is -10.0. The number of carbonyl (C=O) groups is 4. The van der Waals surface area contributed by atoms with Crippen LogP contribution >= 0.6 is 15.6 Å². The van der Waals surface area contributed by atoms with Crippen molar-refractivity contribution >= 4 is 39.5 Å². The summed E-state index contributed by atoms with van der Waals surface area (Å²) in [4.78, 5) is 72.8. The Morgan fingerprint density at radius 2 is 0.570 bits per heavy atom. The summed E-state index contributed by atoms with van der Waals surface area (Å²) in [6.07, 6.45) is 81.6. The van der Waals surface area contributed by atoms with Gasteiger partial charge in [-0.25, -0.2) is 9.13 Å². The molecule has 0 saturated heterocycles. The highest BCUT2D eigenvalue weighted by Crippen LogP contribution is 2.45. The van der Waals surface area contributed by atoms with Crippen LogP contribution in [0.1, 0.15) is 285 Å². The number of unbranched alkanes of at least 4 members (excludes halogenated alkanes) is 21. The lowest BCUT2D eigenvalue weighted by molar-refractivity contribution is -0.161. The van der Waals surface area contributed by atoms with Crippen LogP contribution in [0.25, 0.3) is 0 Å². The predicted octanol–water partition coefficient (Wildman–Crippen LogP) is 21.9. The molecule has 3 N–H and O–H groups in total. The maximum absolute atomic E-state index is 13.1. The number of hydrogen-bond donors (Lipinski definition) is 3. The van der Waals surface area contributed by atoms with Crippen LogP contribution < -0.4 is 0 Å². The Hall–Kier alpha value is -5.06. The zero-order valence-corrected chi connectivity index (χ0v) is 63.9. The molecule has 5 atom stereocenters. The highest BCUT2D eigenvalue weighted by molar-refractivity contribution is 7.47. The van der Waals surface area contributed by atoms with Gasteiger partial charge in [-0.15, -0.1) is 0 Å². The number of esters is 4. The average Bonchev–Trinajstić information content (AvgIpc) is 0.965. The minimum Gasteiger partial charge on any atom is -0.462 e. The first-order chi connectivity index (χ1) is 48.7. The summed E-state index contributed by atoms with van der Waals surface area (Å²) >= 11 is 0. The number of allylic oxidation sites excluding steroid dienone is 23. The van der Waals surface area contributed by atoms with Crippen LogP contribution in [0.2, 0.25) is 0 Å². The molecule has 0 rings (SSSR count). The van der Waals surface area contributed by atoms with E-state index >= 15 is 0 Å². The Morgan fingerprint density at radius 3 is 0.940 bits per heavy atom. The summed E-state index contributed by atoms with van der Waals surface area (Å²) in [6, 6.07) is 0. The van der Waals surface area contributed by atoms with Gasteiger partial charge in [-0.3, -0.25) is 37.3 Å². The van der Waals surface area contributed by atoms with E-state index in [1.54, 1.807) is 6.08 Å². The Morgan fingerprint density at radius 1 is 0.300 bits per heavy atom. The number of rotatable bonds is 70. The zero-order chi connectivity index (χ0) is 73.2. The third-order valence-electron chi connectivity index (χ3n) is 15.3. The van der Waals surface area contributed by atoms with Gasteiger partial charge in [0.15, 0.2) is 12.2 Å². The van der Waals surface area contributed by atoms with E-state index in [2.05, 4.69) is 137 Å². The second-order valence-corrected chi connectivity index (χ2v) is 27.7. The van der Waals surface area contributed by atoms with Crippen LogP contribution in [-0.2, 0) is 65.4 Å². The van der Waals surface area contributed by atoms with Crippen molar-refractivity contribution in [2.75, 3.05) is 39.6 Å². The van der Waals surface area contributed by atoms with E-state index in [-0.39, 0.29) is 25.7 Å². The first-order valence-electron chi connectivity index (χ1n) is 38.1. The van der Waals surface area contributed by atoms with Gasteiger partial charge in [0.25, 0.3) is 0 Å². The normalized spacial score (nSPS) is 14.8. The molecule has 0 aliphatic carbocycles. The number of phosphoric acid groups is 2. The van der Waals surface area contributed by atoms with Crippen molar-refractivity contribution < 1.29 is 80.2 Å². The Labute approximate surface area is 605 Å². The maximum atomic E-state index is 13.1. The molecule has 17 nitrogen and oxygen atoms in total. The van der Waals surface area contributed by atoms with Crippen LogP contribution in [0.3, 0.4) is 0 Å². The van der Waals surface area contributed by atoms with Crippen molar-refractivity contribution in [1.82, 2.24) is 0 Å². The molecule has 100 heavy (non-hydrogen) atoms. The zero-order valence-electron chi connectivity index (χ0n) is 62.1. The van der Waals surface area contributed by atoms with E-state index in [0.29, 0.717) is 32.1 Å². The maximum Gasteiger partial charge on any atom is 0.472 e. The van der Waals surface area contributed by atoms with E-state index in [9.17, 15) is 43.2 Å². The van der Waals surface area contributed by atoms with E-state index < -0.39 is 97.5 Å². The van der Waals surface area contributed by atoms with Crippen LogP contribution in [0, 0.1) is 0 Å². The molecule has 0 spiro atoms. The molecule has 0 fully saturated rings. The van der Waals surface area contributed by atoms with E-state index in [0.717, 1.165) is 135 Å².